The van der Waals surface area contributed by atoms with Gasteiger partial charge in [0, 0.05) is 34.8 Å². The van der Waals surface area contributed by atoms with E-state index in [1.165, 1.54) is 11.8 Å². The van der Waals surface area contributed by atoms with Crippen LogP contribution in [0, 0.1) is 0 Å². The van der Waals surface area contributed by atoms with Gasteiger partial charge in [-0.25, -0.2) is 0 Å². The topological polar surface area (TPSA) is 49.4 Å². The van der Waals surface area contributed by atoms with E-state index in [0.717, 1.165) is 23.1 Å². The second-order valence-corrected chi connectivity index (χ2v) is 10.7. The summed E-state index contributed by atoms with van der Waals surface area (Å²) < 4.78 is 0. The van der Waals surface area contributed by atoms with Gasteiger partial charge in [-0.3, -0.25) is 9.59 Å². The van der Waals surface area contributed by atoms with Crippen LogP contribution in [0.15, 0.2) is 78.9 Å². The molecular weight excluding hydrogens is 511 g/mol. The second-order valence-electron chi connectivity index (χ2n) is 8.79. The van der Waals surface area contributed by atoms with Gasteiger partial charge in [0.1, 0.15) is 6.04 Å². The number of halogens is 2. The quantitative estimate of drug-likeness (QED) is 0.274. The molecule has 0 aromatic heterocycles. The highest BCUT2D eigenvalue weighted by atomic mass is 35.5. The first-order chi connectivity index (χ1) is 17.4. The van der Waals surface area contributed by atoms with Gasteiger partial charge in [-0.2, -0.15) is 0 Å². The molecule has 0 fully saturated rings. The fourth-order valence-electron chi connectivity index (χ4n) is 3.75. The largest absolute Gasteiger partial charge is 0.352 e. The van der Waals surface area contributed by atoms with Crippen molar-refractivity contribution in [2.45, 2.75) is 51.1 Å². The maximum absolute atomic E-state index is 13.6. The lowest BCUT2D eigenvalue weighted by Crippen LogP contribution is -2.52. The van der Waals surface area contributed by atoms with Gasteiger partial charge >= 0.3 is 0 Å². The number of benzene rings is 3. The summed E-state index contributed by atoms with van der Waals surface area (Å²) in [6.45, 7) is 4.30. The minimum absolute atomic E-state index is 0.0122. The first-order valence-electron chi connectivity index (χ1n) is 12.1. The molecule has 0 aliphatic rings. The normalized spacial score (nSPS) is 12.6. The highest BCUT2D eigenvalue weighted by molar-refractivity contribution is 7.99. The van der Waals surface area contributed by atoms with Crippen LogP contribution in [-0.2, 0) is 28.3 Å². The molecular formula is C29H32Cl2N2O2S. The summed E-state index contributed by atoms with van der Waals surface area (Å²) in [5, 5.41) is 4.37. The van der Waals surface area contributed by atoms with Crippen LogP contribution in [0.25, 0.3) is 0 Å². The number of hydrogen-bond donors (Lipinski definition) is 1. The number of rotatable bonds is 12. The van der Waals surface area contributed by atoms with Crippen molar-refractivity contribution in [1.29, 1.82) is 0 Å². The van der Waals surface area contributed by atoms with Crippen LogP contribution >= 0.6 is 35.0 Å². The Morgan fingerprint density at radius 2 is 1.58 bits per heavy atom. The molecule has 190 valence electrons. The molecule has 3 rings (SSSR count). The monoisotopic (exact) mass is 542 g/mol. The van der Waals surface area contributed by atoms with E-state index >= 15 is 0 Å². The molecule has 4 nitrogen and oxygen atoms in total. The number of hydrogen-bond acceptors (Lipinski definition) is 3. The van der Waals surface area contributed by atoms with Crippen molar-refractivity contribution < 1.29 is 9.59 Å². The van der Waals surface area contributed by atoms with E-state index in [2.05, 4.69) is 5.32 Å². The number of thioether (sulfide) groups is 1. The summed E-state index contributed by atoms with van der Waals surface area (Å²) in [4.78, 5) is 28.8. The molecule has 0 spiro atoms. The fourth-order valence-corrected chi connectivity index (χ4v) is 4.96. The van der Waals surface area contributed by atoms with E-state index in [1.807, 2.05) is 86.6 Å². The SMILES string of the molecule is CC[C@H](C)NC(=O)[C@@H](Cc1ccccc1)N(Cc1cccc(Cl)c1)C(=O)CSCc1ccc(Cl)cc1. The lowest BCUT2D eigenvalue weighted by molar-refractivity contribution is -0.139. The summed E-state index contributed by atoms with van der Waals surface area (Å²) >= 11 is 13.7. The Labute approximate surface area is 228 Å². The van der Waals surface area contributed by atoms with Crippen molar-refractivity contribution in [3.05, 3.63) is 106 Å². The Morgan fingerprint density at radius 1 is 0.889 bits per heavy atom. The Morgan fingerprint density at radius 3 is 2.25 bits per heavy atom. The van der Waals surface area contributed by atoms with E-state index < -0.39 is 6.04 Å². The number of nitrogens with zero attached hydrogens (tertiary/aromatic N) is 1. The van der Waals surface area contributed by atoms with E-state index in [-0.39, 0.29) is 23.6 Å². The van der Waals surface area contributed by atoms with Crippen LogP contribution in [0.5, 0.6) is 0 Å². The van der Waals surface area contributed by atoms with Crippen LogP contribution in [0.2, 0.25) is 10.0 Å². The summed E-state index contributed by atoms with van der Waals surface area (Å²) in [7, 11) is 0. The summed E-state index contributed by atoms with van der Waals surface area (Å²) in [6.07, 6.45) is 1.24. The number of carbonyl (C=O) groups excluding carboxylic acids is 2. The summed E-state index contributed by atoms with van der Waals surface area (Å²) in [5.41, 5.74) is 2.97. The molecule has 0 saturated heterocycles. The van der Waals surface area contributed by atoms with Crippen molar-refractivity contribution in [3.8, 4) is 0 Å². The molecule has 2 atom stereocenters. The predicted molar refractivity (Wildman–Crippen MR) is 151 cm³/mol. The van der Waals surface area contributed by atoms with Crippen molar-refractivity contribution in [3.63, 3.8) is 0 Å². The molecule has 2 amide bonds. The van der Waals surface area contributed by atoms with Crippen LogP contribution in [0.3, 0.4) is 0 Å². The Kier molecular flexibility index (Phi) is 11.2. The van der Waals surface area contributed by atoms with E-state index in [0.29, 0.717) is 28.8 Å². The zero-order valence-corrected chi connectivity index (χ0v) is 23.0. The van der Waals surface area contributed by atoms with Gasteiger partial charge in [-0.05, 0) is 54.3 Å². The standard InChI is InChI=1S/C29H32Cl2N2O2S/c1-3-21(2)32-29(35)27(17-22-8-5-4-6-9-22)33(18-24-10-7-11-26(31)16-24)28(34)20-36-19-23-12-14-25(30)15-13-23/h4-16,21,27H,3,17-20H2,1-2H3,(H,32,35)/t21-,27+/m0/s1. The van der Waals surface area contributed by atoms with Gasteiger partial charge in [0.15, 0.2) is 0 Å². The van der Waals surface area contributed by atoms with Crippen LogP contribution in [0.1, 0.15) is 37.0 Å². The zero-order chi connectivity index (χ0) is 25.9. The highest BCUT2D eigenvalue weighted by Crippen LogP contribution is 2.21. The van der Waals surface area contributed by atoms with Crippen LogP contribution in [0.4, 0.5) is 0 Å². The number of nitrogens with one attached hydrogen (secondary N) is 1. The molecule has 3 aromatic carbocycles. The smallest absolute Gasteiger partial charge is 0.243 e. The zero-order valence-electron chi connectivity index (χ0n) is 20.6. The van der Waals surface area contributed by atoms with Gasteiger partial charge in [0.25, 0.3) is 0 Å². The number of carbonyl (C=O) groups is 2. The molecule has 1 N–H and O–H groups in total. The van der Waals surface area contributed by atoms with E-state index in [1.54, 1.807) is 11.0 Å². The molecule has 0 aliphatic heterocycles. The van der Waals surface area contributed by atoms with Gasteiger partial charge in [0.05, 0.1) is 5.75 Å². The highest BCUT2D eigenvalue weighted by Gasteiger charge is 2.30. The first-order valence-corrected chi connectivity index (χ1v) is 14.0. The maximum atomic E-state index is 13.6. The Balaban J connectivity index is 1.85. The average Bonchev–Trinajstić information content (AvgIpc) is 2.87. The molecule has 0 aliphatic carbocycles. The molecule has 0 saturated carbocycles. The molecule has 36 heavy (non-hydrogen) atoms. The minimum Gasteiger partial charge on any atom is -0.352 e. The Bertz CT molecular complexity index is 1130. The minimum atomic E-state index is -0.649. The van der Waals surface area contributed by atoms with Gasteiger partial charge in [-0.1, -0.05) is 84.7 Å². The van der Waals surface area contributed by atoms with E-state index in [4.69, 9.17) is 23.2 Å². The van der Waals surface area contributed by atoms with Crippen molar-refractivity contribution >= 4 is 46.8 Å². The van der Waals surface area contributed by atoms with Gasteiger partial charge in [0.2, 0.25) is 11.8 Å². The molecule has 0 bridgehead atoms. The molecule has 0 heterocycles. The maximum Gasteiger partial charge on any atom is 0.243 e. The predicted octanol–water partition coefficient (Wildman–Crippen LogP) is 6.78. The third-order valence-corrected chi connectivity index (χ3v) is 7.40. The third-order valence-electron chi connectivity index (χ3n) is 5.92. The molecule has 3 aromatic rings. The lowest BCUT2D eigenvalue weighted by atomic mass is 10.0. The van der Waals surface area contributed by atoms with Crippen LogP contribution < -0.4 is 5.32 Å². The molecule has 0 unspecified atom stereocenters. The summed E-state index contributed by atoms with van der Waals surface area (Å²) in [5.74, 6) is 0.696. The Hall–Kier alpha value is -2.47. The van der Waals surface area contributed by atoms with Gasteiger partial charge in [-0.15, -0.1) is 11.8 Å². The van der Waals surface area contributed by atoms with Crippen LogP contribution in [-0.4, -0.2) is 34.6 Å². The molecule has 7 heteroatoms. The lowest BCUT2D eigenvalue weighted by Gasteiger charge is -2.32. The second kappa shape index (κ2) is 14.3. The number of amides is 2. The van der Waals surface area contributed by atoms with Crippen molar-refractivity contribution in [2.75, 3.05) is 5.75 Å². The van der Waals surface area contributed by atoms with E-state index in [9.17, 15) is 9.59 Å². The fraction of sp³-hybridized carbons (Fsp3) is 0.310. The van der Waals surface area contributed by atoms with Gasteiger partial charge < -0.3 is 10.2 Å². The average molecular weight is 544 g/mol. The van der Waals surface area contributed by atoms with Crippen molar-refractivity contribution in [1.82, 2.24) is 10.2 Å². The summed E-state index contributed by atoms with van der Waals surface area (Å²) in [6, 6.07) is 24.2. The molecule has 0 radical (unpaired) electrons. The third kappa shape index (κ3) is 8.88. The van der Waals surface area contributed by atoms with Crippen molar-refractivity contribution in [2.24, 2.45) is 0 Å². The first kappa shape index (κ1) is 28.1.